The molecule has 4 nitrogen and oxygen atoms in total. The molecule has 0 atom stereocenters. The van der Waals surface area contributed by atoms with E-state index in [1.54, 1.807) is 17.5 Å². The first kappa shape index (κ1) is 14.2. The minimum absolute atomic E-state index is 0.0791. The van der Waals surface area contributed by atoms with Gasteiger partial charge in [-0.25, -0.2) is 4.98 Å². The number of amides is 1. The Labute approximate surface area is 128 Å². The number of nitrogens with zero attached hydrogens (tertiary/aromatic N) is 2. The molecule has 2 aromatic heterocycles. The van der Waals surface area contributed by atoms with Crippen molar-refractivity contribution < 1.29 is 4.79 Å². The highest BCUT2D eigenvalue weighted by Crippen LogP contribution is 2.39. The number of carbonyl (C=O) groups excluding carboxylic acids is 1. The molecule has 0 bridgehead atoms. The zero-order valence-electron chi connectivity index (χ0n) is 12.1. The molecule has 2 aromatic rings. The Morgan fingerprint density at radius 3 is 2.81 bits per heavy atom. The van der Waals surface area contributed by atoms with Gasteiger partial charge in [0.25, 0.3) is 5.91 Å². The molecule has 3 rings (SSSR count). The Hall–Kier alpha value is -1.75. The standard InChI is InChI=1S/C16H19N3OS/c1-2-12-6-5-9-17-13(12)14(20)19-16(7-3-4-8-16)15-18-10-11-21-15/h5-6,9-11H,2-4,7-8H2,1H3,(H,19,20). The maximum atomic E-state index is 12.7. The van der Waals surface area contributed by atoms with Gasteiger partial charge in [-0.1, -0.05) is 25.8 Å². The highest BCUT2D eigenvalue weighted by Gasteiger charge is 2.39. The summed E-state index contributed by atoms with van der Waals surface area (Å²) >= 11 is 1.62. The van der Waals surface area contributed by atoms with Crippen molar-refractivity contribution >= 4 is 17.2 Å². The summed E-state index contributed by atoms with van der Waals surface area (Å²) in [5.41, 5.74) is 1.23. The van der Waals surface area contributed by atoms with E-state index in [0.717, 1.165) is 42.7 Å². The normalized spacial score (nSPS) is 16.8. The van der Waals surface area contributed by atoms with Gasteiger partial charge in [-0.2, -0.15) is 0 Å². The lowest BCUT2D eigenvalue weighted by Crippen LogP contribution is -2.44. The molecule has 0 unspecified atom stereocenters. The van der Waals surface area contributed by atoms with E-state index < -0.39 is 0 Å². The van der Waals surface area contributed by atoms with E-state index in [0.29, 0.717) is 5.69 Å². The molecule has 0 aromatic carbocycles. The van der Waals surface area contributed by atoms with Crippen LogP contribution >= 0.6 is 11.3 Å². The van der Waals surface area contributed by atoms with Crippen LogP contribution in [0.5, 0.6) is 0 Å². The van der Waals surface area contributed by atoms with Crippen LogP contribution in [0.2, 0.25) is 0 Å². The van der Waals surface area contributed by atoms with Gasteiger partial charge in [0.2, 0.25) is 0 Å². The molecule has 0 radical (unpaired) electrons. The maximum absolute atomic E-state index is 12.7. The molecular formula is C16H19N3OS. The third-order valence-electron chi connectivity index (χ3n) is 4.14. The number of rotatable bonds is 4. The second-order valence-electron chi connectivity index (χ2n) is 5.45. The van der Waals surface area contributed by atoms with E-state index in [-0.39, 0.29) is 11.4 Å². The molecule has 1 amide bonds. The lowest BCUT2D eigenvalue weighted by atomic mass is 9.97. The zero-order valence-corrected chi connectivity index (χ0v) is 12.9. The predicted molar refractivity (Wildman–Crippen MR) is 83.3 cm³/mol. The molecule has 0 spiro atoms. The molecule has 1 aliphatic rings. The largest absolute Gasteiger partial charge is 0.339 e. The van der Waals surface area contributed by atoms with Gasteiger partial charge in [0, 0.05) is 17.8 Å². The smallest absolute Gasteiger partial charge is 0.270 e. The van der Waals surface area contributed by atoms with Crippen molar-refractivity contribution in [3.63, 3.8) is 0 Å². The van der Waals surface area contributed by atoms with Crippen LogP contribution in [0.15, 0.2) is 29.9 Å². The van der Waals surface area contributed by atoms with Gasteiger partial charge < -0.3 is 5.32 Å². The molecule has 2 heterocycles. The summed E-state index contributed by atoms with van der Waals surface area (Å²) in [5.74, 6) is -0.0791. The average Bonchev–Trinajstić information content (AvgIpc) is 3.19. The van der Waals surface area contributed by atoms with Gasteiger partial charge >= 0.3 is 0 Å². The van der Waals surface area contributed by atoms with Crippen LogP contribution in [0.4, 0.5) is 0 Å². The maximum Gasteiger partial charge on any atom is 0.270 e. The summed E-state index contributed by atoms with van der Waals surface area (Å²) in [6.45, 7) is 2.04. The van der Waals surface area contributed by atoms with Crippen molar-refractivity contribution in [2.45, 2.75) is 44.6 Å². The molecule has 5 heteroatoms. The number of thiazole rings is 1. The van der Waals surface area contributed by atoms with Crippen LogP contribution in [0, 0.1) is 0 Å². The quantitative estimate of drug-likeness (QED) is 0.942. The summed E-state index contributed by atoms with van der Waals surface area (Å²) in [6, 6.07) is 3.84. The van der Waals surface area contributed by atoms with Gasteiger partial charge in [-0.15, -0.1) is 11.3 Å². The van der Waals surface area contributed by atoms with Gasteiger partial charge in [0.1, 0.15) is 10.7 Å². The van der Waals surface area contributed by atoms with E-state index in [1.807, 2.05) is 30.6 Å². The van der Waals surface area contributed by atoms with Crippen molar-refractivity contribution in [3.05, 3.63) is 46.2 Å². The number of aryl methyl sites for hydroxylation is 1. The summed E-state index contributed by atoms with van der Waals surface area (Å²) in [5, 5.41) is 6.22. The fraction of sp³-hybridized carbons (Fsp3) is 0.438. The van der Waals surface area contributed by atoms with Crippen LogP contribution in [-0.2, 0) is 12.0 Å². The van der Waals surface area contributed by atoms with Gasteiger partial charge in [0.05, 0.1) is 5.54 Å². The zero-order chi connectivity index (χ0) is 14.7. The number of aromatic nitrogens is 2. The van der Waals surface area contributed by atoms with Crippen LogP contribution in [-0.4, -0.2) is 15.9 Å². The Bertz CT molecular complexity index is 618. The van der Waals surface area contributed by atoms with Crippen LogP contribution in [0.25, 0.3) is 0 Å². The van der Waals surface area contributed by atoms with Crippen LogP contribution in [0.3, 0.4) is 0 Å². The fourth-order valence-corrected chi connectivity index (χ4v) is 3.89. The highest BCUT2D eigenvalue weighted by atomic mass is 32.1. The number of carbonyl (C=O) groups is 1. The third kappa shape index (κ3) is 2.70. The average molecular weight is 301 g/mol. The molecule has 1 fully saturated rings. The molecule has 110 valence electrons. The lowest BCUT2D eigenvalue weighted by Gasteiger charge is -2.28. The summed E-state index contributed by atoms with van der Waals surface area (Å²) in [4.78, 5) is 21.4. The molecule has 0 saturated heterocycles. The van der Waals surface area contributed by atoms with Crippen LogP contribution in [0.1, 0.15) is 53.7 Å². The van der Waals surface area contributed by atoms with Gasteiger partial charge in [-0.05, 0) is 30.9 Å². The van der Waals surface area contributed by atoms with Gasteiger partial charge in [-0.3, -0.25) is 9.78 Å². The first-order valence-electron chi connectivity index (χ1n) is 7.41. The predicted octanol–water partition coefficient (Wildman–Crippen LogP) is 3.30. The third-order valence-corrected chi connectivity index (χ3v) is 5.12. The minimum Gasteiger partial charge on any atom is -0.339 e. The van der Waals surface area contributed by atoms with Crippen molar-refractivity contribution in [2.24, 2.45) is 0 Å². The van der Waals surface area contributed by atoms with Gasteiger partial charge in [0.15, 0.2) is 0 Å². The van der Waals surface area contributed by atoms with Crippen molar-refractivity contribution in [3.8, 4) is 0 Å². The molecule has 1 N–H and O–H groups in total. The Morgan fingerprint density at radius 1 is 1.33 bits per heavy atom. The molecule has 1 saturated carbocycles. The monoisotopic (exact) mass is 301 g/mol. The number of hydrogen-bond donors (Lipinski definition) is 1. The molecular weight excluding hydrogens is 282 g/mol. The van der Waals surface area contributed by atoms with E-state index in [4.69, 9.17) is 0 Å². The summed E-state index contributed by atoms with van der Waals surface area (Å²) in [6.07, 6.45) is 8.47. The fourth-order valence-electron chi connectivity index (χ4n) is 3.04. The van der Waals surface area contributed by atoms with E-state index in [9.17, 15) is 4.79 Å². The number of hydrogen-bond acceptors (Lipinski definition) is 4. The minimum atomic E-state index is -0.298. The molecule has 21 heavy (non-hydrogen) atoms. The van der Waals surface area contributed by atoms with Crippen molar-refractivity contribution in [2.75, 3.05) is 0 Å². The summed E-state index contributed by atoms with van der Waals surface area (Å²) in [7, 11) is 0. The molecule has 0 aliphatic heterocycles. The summed E-state index contributed by atoms with van der Waals surface area (Å²) < 4.78 is 0. The second kappa shape index (κ2) is 5.93. The Kier molecular flexibility index (Phi) is 4.01. The molecule has 1 aliphatic carbocycles. The SMILES string of the molecule is CCc1cccnc1C(=O)NC1(c2nccs2)CCCC1. The lowest BCUT2D eigenvalue weighted by molar-refractivity contribution is 0.0892. The number of pyridine rings is 1. The van der Waals surface area contributed by atoms with Crippen molar-refractivity contribution in [1.82, 2.24) is 15.3 Å². The van der Waals surface area contributed by atoms with Crippen molar-refractivity contribution in [1.29, 1.82) is 0 Å². The Balaban J connectivity index is 1.88. The first-order valence-corrected chi connectivity index (χ1v) is 8.29. The highest BCUT2D eigenvalue weighted by molar-refractivity contribution is 7.09. The van der Waals surface area contributed by atoms with E-state index in [1.165, 1.54) is 0 Å². The second-order valence-corrected chi connectivity index (χ2v) is 6.34. The first-order chi connectivity index (χ1) is 10.2. The topological polar surface area (TPSA) is 54.9 Å². The van der Waals surface area contributed by atoms with E-state index >= 15 is 0 Å². The number of nitrogens with one attached hydrogen (secondary N) is 1. The van der Waals surface area contributed by atoms with E-state index in [2.05, 4.69) is 15.3 Å². The Morgan fingerprint density at radius 2 is 2.14 bits per heavy atom. The van der Waals surface area contributed by atoms with Crippen LogP contribution < -0.4 is 5.32 Å².